The lowest BCUT2D eigenvalue weighted by Gasteiger charge is -2.33. The average Bonchev–Trinajstić information content (AvgIpc) is 2.38. The van der Waals surface area contributed by atoms with Crippen molar-refractivity contribution in [3.8, 4) is 0 Å². The van der Waals surface area contributed by atoms with Crippen LogP contribution in [-0.4, -0.2) is 45.3 Å². The molecule has 6 unspecified atom stereocenters. The molecule has 0 saturated heterocycles. The second-order valence-corrected chi connectivity index (χ2v) is 6.66. The number of rotatable bonds is 10. The van der Waals surface area contributed by atoms with Crippen LogP contribution >= 0.6 is 0 Å². The highest BCUT2D eigenvalue weighted by Crippen LogP contribution is 2.30. The summed E-state index contributed by atoms with van der Waals surface area (Å²) in [5.41, 5.74) is -0.295. The second-order valence-electron chi connectivity index (χ2n) is 6.66. The van der Waals surface area contributed by atoms with Gasteiger partial charge in [-0.05, 0) is 43.4 Å². The second kappa shape index (κ2) is 8.98. The Hall–Kier alpha value is -0.160. The third-order valence-corrected chi connectivity index (χ3v) is 4.85. The first-order valence-electron chi connectivity index (χ1n) is 7.85. The van der Waals surface area contributed by atoms with Crippen molar-refractivity contribution in [1.29, 1.82) is 0 Å². The van der Waals surface area contributed by atoms with Crippen molar-refractivity contribution < 1.29 is 20.4 Å². The third-order valence-electron chi connectivity index (χ3n) is 4.85. The first-order valence-corrected chi connectivity index (χ1v) is 7.85. The van der Waals surface area contributed by atoms with E-state index < -0.39 is 18.3 Å². The van der Waals surface area contributed by atoms with Crippen LogP contribution in [0, 0.1) is 17.3 Å². The Labute approximate surface area is 123 Å². The Morgan fingerprint density at radius 1 is 1.05 bits per heavy atom. The van der Waals surface area contributed by atoms with Crippen LogP contribution in [-0.2, 0) is 0 Å². The quantitative estimate of drug-likeness (QED) is 0.496. The molecule has 122 valence electrons. The summed E-state index contributed by atoms with van der Waals surface area (Å²) < 4.78 is 0. The van der Waals surface area contributed by atoms with Crippen molar-refractivity contribution in [2.45, 2.75) is 78.6 Å². The molecule has 0 aliphatic heterocycles. The predicted molar refractivity (Wildman–Crippen MR) is 81.4 cm³/mol. The van der Waals surface area contributed by atoms with Gasteiger partial charge in [0, 0.05) is 6.61 Å². The molecular formula is C16H34O4. The van der Waals surface area contributed by atoms with Crippen molar-refractivity contribution in [2.24, 2.45) is 17.3 Å². The van der Waals surface area contributed by atoms with Gasteiger partial charge in [0.1, 0.15) is 0 Å². The smallest absolute Gasteiger partial charge is 0.0594 e. The molecule has 0 aliphatic rings. The van der Waals surface area contributed by atoms with E-state index in [2.05, 4.69) is 0 Å². The molecule has 0 aliphatic carbocycles. The van der Waals surface area contributed by atoms with E-state index in [9.17, 15) is 20.4 Å². The van der Waals surface area contributed by atoms with Crippen molar-refractivity contribution in [3.63, 3.8) is 0 Å². The fraction of sp³-hybridized carbons (Fsp3) is 1.00. The number of aliphatic hydroxyl groups excluding tert-OH is 4. The standard InChI is InChI=1S/C16H34O4/c1-6-14(12(4)18)11(3)15(20)8-13(19)9-16(5,7-2)10-17/h11-15,17-20H,6-10H2,1-5H3. The van der Waals surface area contributed by atoms with Crippen LogP contribution in [0.25, 0.3) is 0 Å². The Morgan fingerprint density at radius 3 is 1.95 bits per heavy atom. The molecule has 4 heteroatoms. The monoisotopic (exact) mass is 290 g/mol. The van der Waals surface area contributed by atoms with Gasteiger partial charge in [0.25, 0.3) is 0 Å². The third kappa shape index (κ3) is 6.08. The summed E-state index contributed by atoms with van der Waals surface area (Å²) >= 11 is 0. The zero-order valence-corrected chi connectivity index (χ0v) is 13.7. The predicted octanol–water partition coefficient (Wildman–Crippen LogP) is 1.94. The van der Waals surface area contributed by atoms with Gasteiger partial charge in [0.15, 0.2) is 0 Å². The number of hydrogen-bond donors (Lipinski definition) is 4. The molecule has 0 aromatic rings. The Morgan fingerprint density at radius 2 is 1.60 bits per heavy atom. The van der Waals surface area contributed by atoms with E-state index in [1.54, 1.807) is 6.92 Å². The molecule has 0 aromatic carbocycles. The van der Waals surface area contributed by atoms with Crippen LogP contribution in [0.3, 0.4) is 0 Å². The summed E-state index contributed by atoms with van der Waals surface area (Å²) in [6.07, 6.45) is 0.641. The highest BCUT2D eigenvalue weighted by molar-refractivity contribution is 4.81. The van der Waals surface area contributed by atoms with E-state index >= 15 is 0 Å². The first-order chi connectivity index (χ1) is 9.20. The van der Waals surface area contributed by atoms with Crippen LogP contribution in [0.2, 0.25) is 0 Å². The van der Waals surface area contributed by atoms with Gasteiger partial charge in [0.2, 0.25) is 0 Å². The minimum absolute atomic E-state index is 0.0348. The number of aliphatic hydroxyl groups is 4. The van der Waals surface area contributed by atoms with E-state index in [4.69, 9.17) is 0 Å². The van der Waals surface area contributed by atoms with E-state index in [1.807, 2.05) is 27.7 Å². The van der Waals surface area contributed by atoms with Crippen molar-refractivity contribution >= 4 is 0 Å². The van der Waals surface area contributed by atoms with Crippen LogP contribution in [0.1, 0.15) is 60.3 Å². The van der Waals surface area contributed by atoms with Gasteiger partial charge >= 0.3 is 0 Å². The maximum Gasteiger partial charge on any atom is 0.0594 e. The minimum atomic E-state index is -0.635. The van der Waals surface area contributed by atoms with Crippen LogP contribution in [0.5, 0.6) is 0 Å². The molecule has 0 bridgehead atoms. The van der Waals surface area contributed by atoms with Gasteiger partial charge in [-0.25, -0.2) is 0 Å². The van der Waals surface area contributed by atoms with E-state index in [0.29, 0.717) is 12.8 Å². The van der Waals surface area contributed by atoms with Gasteiger partial charge in [0.05, 0.1) is 18.3 Å². The van der Waals surface area contributed by atoms with Gasteiger partial charge in [-0.2, -0.15) is 0 Å². The molecule has 0 saturated carbocycles. The van der Waals surface area contributed by atoms with Gasteiger partial charge in [-0.1, -0.05) is 34.1 Å². The zero-order valence-electron chi connectivity index (χ0n) is 13.7. The average molecular weight is 290 g/mol. The highest BCUT2D eigenvalue weighted by atomic mass is 16.3. The molecule has 0 amide bonds. The lowest BCUT2D eigenvalue weighted by molar-refractivity contribution is -0.0194. The fourth-order valence-corrected chi connectivity index (χ4v) is 2.90. The van der Waals surface area contributed by atoms with E-state index in [1.165, 1.54) is 0 Å². The van der Waals surface area contributed by atoms with Crippen LogP contribution in [0.4, 0.5) is 0 Å². The first kappa shape index (κ1) is 19.8. The Kier molecular flexibility index (Phi) is 8.91. The van der Waals surface area contributed by atoms with Crippen molar-refractivity contribution in [1.82, 2.24) is 0 Å². The summed E-state index contributed by atoms with van der Waals surface area (Å²) in [5.74, 6) is -0.0238. The Bertz CT molecular complexity index is 251. The Balaban J connectivity index is 4.48. The summed E-state index contributed by atoms with van der Waals surface area (Å²) in [7, 11) is 0. The largest absolute Gasteiger partial charge is 0.396 e. The molecule has 0 radical (unpaired) electrons. The highest BCUT2D eigenvalue weighted by Gasteiger charge is 2.30. The minimum Gasteiger partial charge on any atom is -0.396 e. The molecule has 0 fully saturated rings. The summed E-state index contributed by atoms with van der Waals surface area (Å²) in [6, 6.07) is 0. The summed E-state index contributed by atoms with van der Waals surface area (Å²) in [6.45, 7) is 9.63. The van der Waals surface area contributed by atoms with Crippen molar-refractivity contribution in [2.75, 3.05) is 6.61 Å². The SMILES string of the molecule is CCC(C(C)O)C(C)C(O)CC(O)CC(C)(CC)CO. The molecule has 0 heterocycles. The van der Waals surface area contributed by atoms with Gasteiger partial charge in [-0.15, -0.1) is 0 Å². The molecular weight excluding hydrogens is 256 g/mol. The lowest BCUT2D eigenvalue weighted by atomic mass is 9.78. The normalized spacial score (nSPS) is 22.6. The lowest BCUT2D eigenvalue weighted by Crippen LogP contribution is -2.35. The summed E-state index contributed by atoms with van der Waals surface area (Å²) in [4.78, 5) is 0. The topological polar surface area (TPSA) is 80.9 Å². The van der Waals surface area contributed by atoms with Crippen molar-refractivity contribution in [3.05, 3.63) is 0 Å². The van der Waals surface area contributed by atoms with Gasteiger partial charge < -0.3 is 20.4 Å². The number of hydrogen-bond acceptors (Lipinski definition) is 4. The fourth-order valence-electron chi connectivity index (χ4n) is 2.90. The molecule has 4 N–H and O–H groups in total. The molecule has 20 heavy (non-hydrogen) atoms. The van der Waals surface area contributed by atoms with Crippen LogP contribution in [0.15, 0.2) is 0 Å². The maximum absolute atomic E-state index is 10.2. The molecule has 0 aromatic heterocycles. The van der Waals surface area contributed by atoms with E-state index in [-0.39, 0.29) is 23.9 Å². The molecule has 6 atom stereocenters. The molecule has 0 spiro atoms. The van der Waals surface area contributed by atoms with E-state index in [0.717, 1.165) is 12.8 Å². The maximum atomic E-state index is 10.2. The zero-order chi connectivity index (χ0) is 15.9. The van der Waals surface area contributed by atoms with Crippen LogP contribution < -0.4 is 0 Å². The molecule has 0 rings (SSSR count). The summed E-state index contributed by atoms with van der Waals surface area (Å²) in [5, 5.41) is 39.5. The van der Waals surface area contributed by atoms with Gasteiger partial charge in [-0.3, -0.25) is 0 Å². The molecule has 4 nitrogen and oxygen atoms in total.